The number of aryl methyl sites for hydroxylation is 1. The summed E-state index contributed by atoms with van der Waals surface area (Å²) < 4.78 is 2.01. The van der Waals surface area contributed by atoms with E-state index in [1.807, 2.05) is 28.8 Å². The Labute approximate surface area is 95.2 Å². The molecule has 0 amide bonds. The standard InChI is InChI=1S/C11H9BrN2O/c12-7-5-6-14-9-4-2-1-3-8(9)13-11(14)10(7)15/h1-4,7H,5-6H2. The summed E-state index contributed by atoms with van der Waals surface area (Å²) in [6.07, 6.45) is 0.839. The first-order valence-electron chi connectivity index (χ1n) is 4.91. The molecule has 0 N–H and O–H groups in total. The molecule has 1 aliphatic rings. The third kappa shape index (κ3) is 1.24. The lowest BCUT2D eigenvalue weighted by molar-refractivity contribution is 0.0960. The average Bonchev–Trinajstić information content (AvgIpc) is 2.63. The number of carbonyl (C=O) groups is 1. The third-order valence-electron chi connectivity index (χ3n) is 2.77. The van der Waals surface area contributed by atoms with E-state index in [1.54, 1.807) is 0 Å². The van der Waals surface area contributed by atoms with Crippen molar-refractivity contribution in [1.82, 2.24) is 9.55 Å². The fraction of sp³-hybridized carbons (Fsp3) is 0.273. The van der Waals surface area contributed by atoms with E-state index in [2.05, 4.69) is 20.9 Å². The van der Waals surface area contributed by atoms with E-state index in [4.69, 9.17) is 0 Å². The molecule has 0 radical (unpaired) electrons. The van der Waals surface area contributed by atoms with E-state index in [0.29, 0.717) is 5.82 Å². The highest BCUT2D eigenvalue weighted by Gasteiger charge is 2.28. The number of hydrogen-bond acceptors (Lipinski definition) is 2. The second kappa shape index (κ2) is 3.17. The number of aromatic nitrogens is 2. The van der Waals surface area contributed by atoms with Gasteiger partial charge in [0.25, 0.3) is 0 Å². The number of rotatable bonds is 0. The molecule has 0 aliphatic carbocycles. The summed E-state index contributed by atoms with van der Waals surface area (Å²) >= 11 is 3.38. The summed E-state index contributed by atoms with van der Waals surface area (Å²) in [5, 5.41) is 0. The minimum Gasteiger partial charge on any atom is -0.321 e. The van der Waals surface area contributed by atoms with Gasteiger partial charge in [0.2, 0.25) is 5.78 Å². The minimum atomic E-state index is -0.0678. The van der Waals surface area contributed by atoms with Crippen molar-refractivity contribution in [3.05, 3.63) is 30.1 Å². The molecular formula is C11H9BrN2O. The largest absolute Gasteiger partial charge is 0.321 e. The van der Waals surface area contributed by atoms with Crippen LogP contribution in [0.15, 0.2) is 24.3 Å². The Bertz CT molecular complexity index is 547. The summed E-state index contributed by atoms with van der Waals surface area (Å²) in [5.41, 5.74) is 1.96. The summed E-state index contributed by atoms with van der Waals surface area (Å²) in [6, 6.07) is 7.87. The highest BCUT2D eigenvalue weighted by molar-refractivity contribution is 9.10. The van der Waals surface area contributed by atoms with Gasteiger partial charge in [-0.25, -0.2) is 4.98 Å². The lowest BCUT2D eigenvalue weighted by Gasteiger charge is -2.17. The molecule has 1 unspecified atom stereocenters. The molecule has 0 spiro atoms. The monoisotopic (exact) mass is 264 g/mol. The Balaban J connectivity index is 2.31. The summed E-state index contributed by atoms with van der Waals surface area (Å²) in [4.78, 5) is 16.2. The van der Waals surface area contributed by atoms with E-state index in [-0.39, 0.29) is 10.6 Å². The van der Waals surface area contributed by atoms with Gasteiger partial charge < -0.3 is 4.57 Å². The van der Waals surface area contributed by atoms with Crippen molar-refractivity contribution in [1.29, 1.82) is 0 Å². The van der Waals surface area contributed by atoms with Crippen LogP contribution in [0.5, 0.6) is 0 Å². The predicted octanol–water partition coefficient (Wildman–Crippen LogP) is 2.39. The molecule has 1 aliphatic heterocycles. The lowest BCUT2D eigenvalue weighted by Crippen LogP contribution is -2.26. The maximum Gasteiger partial charge on any atom is 0.211 e. The van der Waals surface area contributed by atoms with Gasteiger partial charge in [-0.1, -0.05) is 28.1 Å². The SMILES string of the molecule is O=C1c2nc3ccccc3n2CCC1Br. The van der Waals surface area contributed by atoms with Crippen LogP contribution in [0.3, 0.4) is 0 Å². The molecule has 2 heterocycles. The van der Waals surface area contributed by atoms with E-state index < -0.39 is 0 Å². The Morgan fingerprint density at radius 2 is 2.20 bits per heavy atom. The number of Topliss-reactive ketones (excluding diaryl/α,β-unsaturated/α-hetero) is 1. The molecule has 4 heteroatoms. The molecule has 3 nitrogen and oxygen atoms in total. The smallest absolute Gasteiger partial charge is 0.211 e. The van der Waals surface area contributed by atoms with E-state index in [1.165, 1.54) is 0 Å². The van der Waals surface area contributed by atoms with Crippen molar-refractivity contribution in [3.8, 4) is 0 Å². The zero-order chi connectivity index (χ0) is 10.4. The number of para-hydroxylation sites is 2. The first-order chi connectivity index (χ1) is 7.27. The topological polar surface area (TPSA) is 34.9 Å². The van der Waals surface area contributed by atoms with Crippen LogP contribution in [-0.2, 0) is 6.54 Å². The average molecular weight is 265 g/mol. The number of benzene rings is 1. The normalized spacial score (nSPS) is 20.6. The fourth-order valence-corrected chi connectivity index (χ4v) is 2.41. The molecule has 1 aromatic carbocycles. The van der Waals surface area contributed by atoms with Gasteiger partial charge in [0.15, 0.2) is 5.82 Å². The fourth-order valence-electron chi connectivity index (χ4n) is 2.00. The number of halogens is 1. The van der Waals surface area contributed by atoms with Crippen LogP contribution in [0.1, 0.15) is 17.0 Å². The maximum atomic E-state index is 11.9. The molecule has 76 valence electrons. The Hall–Kier alpha value is -1.16. The van der Waals surface area contributed by atoms with Crippen molar-refractivity contribution < 1.29 is 4.79 Å². The Morgan fingerprint density at radius 3 is 3.07 bits per heavy atom. The first kappa shape index (κ1) is 9.09. The van der Waals surface area contributed by atoms with Crippen molar-refractivity contribution in [2.75, 3.05) is 0 Å². The van der Waals surface area contributed by atoms with Gasteiger partial charge in [-0.05, 0) is 18.6 Å². The molecule has 0 saturated carbocycles. The van der Waals surface area contributed by atoms with Crippen LogP contribution >= 0.6 is 15.9 Å². The number of fused-ring (bicyclic) bond motifs is 3. The molecular weight excluding hydrogens is 256 g/mol. The van der Waals surface area contributed by atoms with Crippen LogP contribution in [0, 0.1) is 0 Å². The van der Waals surface area contributed by atoms with Crippen LogP contribution in [0.2, 0.25) is 0 Å². The van der Waals surface area contributed by atoms with Crippen LogP contribution in [0.4, 0.5) is 0 Å². The third-order valence-corrected chi connectivity index (χ3v) is 3.64. The highest BCUT2D eigenvalue weighted by atomic mass is 79.9. The number of nitrogens with zero attached hydrogens (tertiary/aromatic N) is 2. The number of ketones is 1. The number of carbonyl (C=O) groups excluding carboxylic acids is 1. The quantitative estimate of drug-likeness (QED) is 0.685. The summed E-state index contributed by atoms with van der Waals surface area (Å²) in [5.74, 6) is 0.682. The molecule has 0 fully saturated rings. The van der Waals surface area contributed by atoms with Gasteiger partial charge in [-0.15, -0.1) is 0 Å². The van der Waals surface area contributed by atoms with Crippen LogP contribution in [0.25, 0.3) is 11.0 Å². The molecule has 2 aromatic rings. The van der Waals surface area contributed by atoms with E-state index in [0.717, 1.165) is 24.0 Å². The van der Waals surface area contributed by atoms with Crippen molar-refractivity contribution in [2.24, 2.45) is 0 Å². The number of imidazole rings is 1. The lowest BCUT2D eigenvalue weighted by atomic mass is 10.1. The Morgan fingerprint density at radius 1 is 1.40 bits per heavy atom. The predicted molar refractivity (Wildman–Crippen MR) is 61.4 cm³/mol. The summed E-state index contributed by atoms with van der Waals surface area (Å²) in [6.45, 7) is 0.859. The molecule has 3 rings (SSSR count). The van der Waals surface area contributed by atoms with Gasteiger partial charge in [0.05, 0.1) is 15.9 Å². The van der Waals surface area contributed by atoms with E-state index in [9.17, 15) is 4.79 Å². The van der Waals surface area contributed by atoms with Gasteiger partial charge in [0, 0.05) is 6.54 Å². The zero-order valence-corrected chi connectivity index (χ0v) is 9.57. The molecule has 1 aromatic heterocycles. The van der Waals surface area contributed by atoms with Crippen molar-refractivity contribution in [2.45, 2.75) is 17.8 Å². The van der Waals surface area contributed by atoms with Gasteiger partial charge >= 0.3 is 0 Å². The van der Waals surface area contributed by atoms with Crippen molar-refractivity contribution in [3.63, 3.8) is 0 Å². The second-order valence-corrected chi connectivity index (χ2v) is 4.80. The maximum absolute atomic E-state index is 11.9. The number of hydrogen-bond donors (Lipinski definition) is 0. The first-order valence-corrected chi connectivity index (χ1v) is 5.82. The molecule has 0 bridgehead atoms. The van der Waals surface area contributed by atoms with Crippen LogP contribution in [-0.4, -0.2) is 20.2 Å². The summed E-state index contributed by atoms with van der Waals surface area (Å²) in [7, 11) is 0. The Kier molecular flexibility index (Phi) is 1.92. The second-order valence-electron chi connectivity index (χ2n) is 3.70. The number of alkyl halides is 1. The minimum absolute atomic E-state index is 0.0678. The van der Waals surface area contributed by atoms with Crippen molar-refractivity contribution >= 4 is 32.7 Å². The van der Waals surface area contributed by atoms with Gasteiger partial charge in [-0.2, -0.15) is 0 Å². The molecule has 1 atom stereocenters. The van der Waals surface area contributed by atoms with E-state index >= 15 is 0 Å². The zero-order valence-electron chi connectivity index (χ0n) is 7.98. The highest BCUT2D eigenvalue weighted by Crippen LogP contribution is 2.25. The van der Waals surface area contributed by atoms with Gasteiger partial charge in [-0.3, -0.25) is 4.79 Å². The van der Waals surface area contributed by atoms with Crippen LogP contribution < -0.4 is 0 Å². The molecule has 15 heavy (non-hydrogen) atoms. The van der Waals surface area contributed by atoms with Gasteiger partial charge in [0.1, 0.15) is 0 Å². The molecule has 0 saturated heterocycles.